The minimum absolute atomic E-state index is 0.00815. The first-order chi connectivity index (χ1) is 5.11. The van der Waals surface area contributed by atoms with Crippen LogP contribution < -0.4 is 5.73 Å². The van der Waals surface area contributed by atoms with Crippen LogP contribution in [-0.2, 0) is 0 Å². The van der Waals surface area contributed by atoms with Gasteiger partial charge in [0.15, 0.2) is 0 Å². The summed E-state index contributed by atoms with van der Waals surface area (Å²) in [4.78, 5) is 0. The number of benzene rings is 1. The molecule has 0 aliphatic rings. The van der Waals surface area contributed by atoms with Crippen molar-refractivity contribution in [2.75, 3.05) is 5.73 Å². The number of hydrogen-bond acceptors (Lipinski definition) is 2. The lowest BCUT2D eigenvalue weighted by Crippen LogP contribution is -1.97. The maximum atomic E-state index is 7.16. The van der Waals surface area contributed by atoms with E-state index in [4.69, 9.17) is 22.7 Å². The van der Waals surface area contributed by atoms with Crippen molar-refractivity contribution in [1.82, 2.24) is 0 Å². The lowest BCUT2D eigenvalue weighted by molar-refractivity contribution is 1.44. The van der Waals surface area contributed by atoms with Crippen LogP contribution in [0.2, 0.25) is 0 Å². The van der Waals surface area contributed by atoms with Crippen LogP contribution in [0.5, 0.6) is 0 Å². The van der Waals surface area contributed by atoms with Gasteiger partial charge in [-0.2, -0.15) is 0 Å². The Labute approximate surface area is 70.5 Å². The Morgan fingerprint density at radius 1 is 1.55 bits per heavy atom. The monoisotopic (exact) mass is 168 g/mol. The Morgan fingerprint density at radius 3 is 2.64 bits per heavy atom. The molecule has 0 aliphatic heterocycles. The van der Waals surface area contributed by atoms with Gasteiger partial charge in [-0.15, -0.1) is 0 Å². The zero-order valence-electron chi connectivity index (χ0n) is 6.19. The number of rotatable bonds is 1. The molecule has 0 aromatic heterocycles. The van der Waals surface area contributed by atoms with E-state index >= 15 is 0 Å². The summed E-state index contributed by atoms with van der Waals surface area (Å²) in [6, 6.07) is 5.44. The van der Waals surface area contributed by atoms with Crippen molar-refractivity contribution in [3.05, 3.63) is 29.3 Å². The van der Waals surface area contributed by atoms with Crippen molar-refractivity contribution in [1.29, 1.82) is 5.41 Å². The number of hydrogen-bond donors (Lipinski definition) is 2. The number of anilines is 1. The molecule has 0 unspecified atom stereocenters. The molecular formula is C8H9ClN2. The first-order valence-electron chi connectivity index (χ1n) is 3.22. The lowest BCUT2D eigenvalue weighted by atomic mass is 10.1. The van der Waals surface area contributed by atoms with E-state index in [9.17, 15) is 0 Å². The molecule has 0 saturated heterocycles. The summed E-state index contributed by atoms with van der Waals surface area (Å²) in [5.74, 6) is 0. The second-order valence-electron chi connectivity index (χ2n) is 2.40. The second kappa shape index (κ2) is 2.93. The molecular weight excluding hydrogens is 160 g/mol. The molecule has 0 spiro atoms. The maximum absolute atomic E-state index is 7.16. The van der Waals surface area contributed by atoms with Gasteiger partial charge in [-0.25, -0.2) is 0 Å². The summed E-state index contributed by atoms with van der Waals surface area (Å²) in [7, 11) is 0. The average molecular weight is 169 g/mol. The van der Waals surface area contributed by atoms with Crippen molar-refractivity contribution in [3.63, 3.8) is 0 Å². The standard InChI is InChI=1S/C8H9ClN2/c1-5-2-3-7(10)6(4-5)8(9)11/h2-4,11H,10H2,1H3. The van der Waals surface area contributed by atoms with Gasteiger partial charge in [-0.3, -0.25) is 5.41 Å². The van der Waals surface area contributed by atoms with Crippen LogP contribution in [0.1, 0.15) is 11.1 Å². The molecule has 1 rings (SSSR count). The molecule has 0 radical (unpaired) electrons. The summed E-state index contributed by atoms with van der Waals surface area (Å²) in [6.07, 6.45) is 0. The number of nitrogens with one attached hydrogen (secondary N) is 1. The third-order valence-electron chi connectivity index (χ3n) is 1.45. The van der Waals surface area contributed by atoms with Crippen molar-refractivity contribution in [3.8, 4) is 0 Å². The van der Waals surface area contributed by atoms with E-state index in [0.717, 1.165) is 5.56 Å². The van der Waals surface area contributed by atoms with Gasteiger partial charge >= 0.3 is 0 Å². The summed E-state index contributed by atoms with van der Waals surface area (Å²) in [5, 5.41) is 7.15. The lowest BCUT2D eigenvalue weighted by Gasteiger charge is -2.02. The molecule has 58 valence electrons. The zero-order chi connectivity index (χ0) is 8.43. The Morgan fingerprint density at radius 2 is 2.18 bits per heavy atom. The molecule has 1 aromatic carbocycles. The van der Waals surface area contributed by atoms with Gasteiger partial charge in [0.05, 0.1) is 0 Å². The van der Waals surface area contributed by atoms with Gasteiger partial charge in [-0.05, 0) is 19.1 Å². The van der Waals surface area contributed by atoms with Crippen LogP contribution in [0.3, 0.4) is 0 Å². The van der Waals surface area contributed by atoms with Gasteiger partial charge in [0.1, 0.15) is 5.17 Å². The van der Waals surface area contributed by atoms with Gasteiger partial charge in [-0.1, -0.05) is 23.2 Å². The van der Waals surface area contributed by atoms with E-state index in [1.165, 1.54) is 0 Å². The maximum Gasteiger partial charge on any atom is 0.130 e. The molecule has 2 nitrogen and oxygen atoms in total. The highest BCUT2D eigenvalue weighted by Gasteiger charge is 2.01. The van der Waals surface area contributed by atoms with Gasteiger partial charge in [0, 0.05) is 11.3 Å². The first-order valence-corrected chi connectivity index (χ1v) is 3.59. The fraction of sp³-hybridized carbons (Fsp3) is 0.125. The molecule has 0 amide bonds. The van der Waals surface area contributed by atoms with E-state index in [1.54, 1.807) is 12.1 Å². The molecule has 3 heteroatoms. The Bertz CT molecular complexity index is 294. The minimum atomic E-state index is -0.00815. The SMILES string of the molecule is Cc1ccc(N)c(C(=N)Cl)c1. The number of nitrogens with two attached hydrogens (primary N) is 1. The highest BCUT2D eigenvalue weighted by molar-refractivity contribution is 6.69. The smallest absolute Gasteiger partial charge is 0.130 e. The Kier molecular flexibility index (Phi) is 2.15. The predicted octanol–water partition coefficient (Wildman–Crippen LogP) is 2.14. The van der Waals surface area contributed by atoms with Crippen LogP contribution >= 0.6 is 11.6 Å². The third-order valence-corrected chi connectivity index (χ3v) is 1.65. The van der Waals surface area contributed by atoms with Crippen molar-refractivity contribution >= 4 is 22.5 Å². The third kappa shape index (κ3) is 1.71. The molecule has 0 heterocycles. The zero-order valence-corrected chi connectivity index (χ0v) is 6.94. The van der Waals surface area contributed by atoms with Crippen LogP contribution in [-0.4, -0.2) is 5.17 Å². The Balaban J connectivity index is 3.23. The predicted molar refractivity (Wildman–Crippen MR) is 48.3 cm³/mol. The summed E-state index contributed by atoms with van der Waals surface area (Å²) in [5.41, 5.74) is 7.78. The van der Waals surface area contributed by atoms with E-state index in [0.29, 0.717) is 11.3 Å². The molecule has 0 aliphatic carbocycles. The molecule has 1 aromatic rings. The van der Waals surface area contributed by atoms with Gasteiger partial charge in [0.25, 0.3) is 0 Å². The number of halogens is 1. The van der Waals surface area contributed by atoms with Crippen LogP contribution in [0, 0.1) is 12.3 Å². The molecule has 0 bridgehead atoms. The second-order valence-corrected chi connectivity index (χ2v) is 2.78. The summed E-state index contributed by atoms with van der Waals surface area (Å²) >= 11 is 5.48. The van der Waals surface area contributed by atoms with Gasteiger partial charge in [0.2, 0.25) is 0 Å². The normalized spacial score (nSPS) is 9.64. The quantitative estimate of drug-likeness (QED) is 0.490. The van der Waals surface area contributed by atoms with Crippen LogP contribution in [0.4, 0.5) is 5.69 Å². The fourth-order valence-electron chi connectivity index (χ4n) is 0.860. The van der Waals surface area contributed by atoms with E-state index in [2.05, 4.69) is 0 Å². The number of nitrogen functional groups attached to an aromatic ring is 1. The highest BCUT2D eigenvalue weighted by atomic mass is 35.5. The summed E-state index contributed by atoms with van der Waals surface area (Å²) in [6.45, 7) is 1.93. The molecule has 3 N–H and O–H groups in total. The molecule has 11 heavy (non-hydrogen) atoms. The van der Waals surface area contributed by atoms with Crippen LogP contribution in [0.25, 0.3) is 0 Å². The van der Waals surface area contributed by atoms with Crippen LogP contribution in [0.15, 0.2) is 18.2 Å². The summed E-state index contributed by atoms with van der Waals surface area (Å²) < 4.78 is 0. The van der Waals surface area contributed by atoms with Crippen molar-refractivity contribution in [2.45, 2.75) is 6.92 Å². The highest BCUT2D eigenvalue weighted by Crippen LogP contribution is 2.15. The minimum Gasteiger partial charge on any atom is -0.398 e. The molecule has 0 atom stereocenters. The molecule has 0 saturated carbocycles. The Hall–Kier alpha value is -1.02. The first kappa shape index (κ1) is 8.08. The van der Waals surface area contributed by atoms with E-state index in [-0.39, 0.29) is 5.17 Å². The van der Waals surface area contributed by atoms with E-state index in [1.807, 2.05) is 13.0 Å². The van der Waals surface area contributed by atoms with Gasteiger partial charge < -0.3 is 5.73 Å². The van der Waals surface area contributed by atoms with Crippen molar-refractivity contribution in [2.24, 2.45) is 0 Å². The fourth-order valence-corrected chi connectivity index (χ4v) is 1.02. The van der Waals surface area contributed by atoms with Crippen molar-refractivity contribution < 1.29 is 0 Å². The largest absolute Gasteiger partial charge is 0.398 e. The van der Waals surface area contributed by atoms with E-state index < -0.39 is 0 Å². The molecule has 0 fully saturated rings. The topological polar surface area (TPSA) is 49.9 Å². The number of aryl methyl sites for hydroxylation is 1. The average Bonchev–Trinajstić information content (AvgIpc) is 1.94.